The van der Waals surface area contributed by atoms with Crippen molar-refractivity contribution in [3.63, 3.8) is 0 Å². The van der Waals surface area contributed by atoms with Crippen LogP contribution in [-0.4, -0.2) is 21.0 Å². The van der Waals surface area contributed by atoms with E-state index in [1.807, 2.05) is 11.9 Å². The number of nitrogens with zero attached hydrogens (tertiary/aromatic N) is 1. The largest absolute Gasteiger partial charge is 0.242 e. The maximum atomic E-state index is 4.31. The molecule has 1 nitrogen and oxygen atoms in total. The van der Waals surface area contributed by atoms with E-state index in [0.29, 0.717) is 0 Å². The van der Waals surface area contributed by atoms with Crippen molar-refractivity contribution in [2.75, 3.05) is 5.08 Å². The normalized spacial score (nSPS) is 20.1. The second-order valence-corrected chi connectivity index (χ2v) is 6.38. The minimum atomic E-state index is 0.280. The molecule has 1 aliphatic carbocycles. The van der Waals surface area contributed by atoms with E-state index in [0.717, 1.165) is 11.1 Å². The van der Waals surface area contributed by atoms with Crippen molar-refractivity contribution in [2.45, 2.75) is 58.0 Å². The number of hydrogen-bond acceptors (Lipinski definition) is 3. The first-order valence-electron chi connectivity index (χ1n) is 5.09. The highest BCUT2D eigenvalue weighted by atomic mass is 32.2. The summed E-state index contributed by atoms with van der Waals surface area (Å²) in [6, 6.07) is 0.789. The van der Waals surface area contributed by atoms with Gasteiger partial charge in [-0.1, -0.05) is 24.8 Å². The third kappa shape index (κ3) is 3.37. The van der Waals surface area contributed by atoms with Crippen LogP contribution in [0.25, 0.3) is 0 Å². The molecular weight excluding hydrogens is 198 g/mol. The Morgan fingerprint density at radius 2 is 1.85 bits per heavy atom. The summed E-state index contributed by atoms with van der Waals surface area (Å²) in [5.74, 6) is 0. The van der Waals surface area contributed by atoms with Crippen LogP contribution in [-0.2, 0) is 0 Å². The summed E-state index contributed by atoms with van der Waals surface area (Å²) in [4.78, 5) is 0. The Balaban J connectivity index is 2.55. The lowest BCUT2D eigenvalue weighted by molar-refractivity contribution is 0.212. The summed E-state index contributed by atoms with van der Waals surface area (Å²) in [6.07, 6.45) is 5.56. The second-order valence-electron chi connectivity index (χ2n) is 4.69. The van der Waals surface area contributed by atoms with Crippen LogP contribution < -0.4 is 0 Å². The Morgan fingerprint density at radius 3 is 2.23 bits per heavy atom. The standard InChI is InChI=1S/C10H21NS2/c1-10(2,3)11(13-8-12)9-6-4-5-7-9/h9,12H,4-8H2,1-3H3. The van der Waals surface area contributed by atoms with Gasteiger partial charge in [-0.05, 0) is 33.6 Å². The Morgan fingerprint density at radius 1 is 1.31 bits per heavy atom. The van der Waals surface area contributed by atoms with Crippen molar-refractivity contribution >= 4 is 24.6 Å². The number of thiol groups is 1. The molecule has 0 bridgehead atoms. The van der Waals surface area contributed by atoms with Gasteiger partial charge in [-0.2, -0.15) is 12.6 Å². The fraction of sp³-hybridized carbons (Fsp3) is 1.00. The number of rotatable bonds is 3. The Kier molecular flexibility index (Phi) is 4.46. The van der Waals surface area contributed by atoms with E-state index in [9.17, 15) is 0 Å². The van der Waals surface area contributed by atoms with Crippen molar-refractivity contribution in [3.8, 4) is 0 Å². The molecule has 0 amide bonds. The van der Waals surface area contributed by atoms with Crippen LogP contribution in [0.2, 0.25) is 0 Å². The molecule has 0 saturated heterocycles. The fourth-order valence-electron chi connectivity index (χ4n) is 2.05. The minimum absolute atomic E-state index is 0.280. The second kappa shape index (κ2) is 4.94. The zero-order valence-electron chi connectivity index (χ0n) is 8.92. The average molecular weight is 219 g/mol. The van der Waals surface area contributed by atoms with Gasteiger partial charge in [0.1, 0.15) is 0 Å². The van der Waals surface area contributed by atoms with E-state index < -0.39 is 0 Å². The third-order valence-electron chi connectivity index (χ3n) is 2.51. The van der Waals surface area contributed by atoms with Crippen LogP contribution in [0.1, 0.15) is 46.5 Å². The van der Waals surface area contributed by atoms with Gasteiger partial charge in [0, 0.05) is 11.6 Å². The summed E-state index contributed by atoms with van der Waals surface area (Å²) in [5.41, 5.74) is 0.280. The number of hydrogen-bond donors (Lipinski definition) is 1. The predicted molar refractivity (Wildman–Crippen MR) is 65.3 cm³/mol. The van der Waals surface area contributed by atoms with Gasteiger partial charge in [0.2, 0.25) is 0 Å². The molecule has 1 fully saturated rings. The molecule has 3 heteroatoms. The highest BCUT2D eigenvalue weighted by Gasteiger charge is 2.30. The molecule has 78 valence electrons. The lowest BCUT2D eigenvalue weighted by Crippen LogP contribution is -2.42. The monoisotopic (exact) mass is 219 g/mol. The molecule has 13 heavy (non-hydrogen) atoms. The molecule has 0 radical (unpaired) electrons. The summed E-state index contributed by atoms with van der Waals surface area (Å²) < 4.78 is 2.55. The van der Waals surface area contributed by atoms with Crippen molar-refractivity contribution in [1.82, 2.24) is 4.31 Å². The molecule has 0 aromatic heterocycles. The topological polar surface area (TPSA) is 3.24 Å². The quantitative estimate of drug-likeness (QED) is 0.439. The van der Waals surface area contributed by atoms with Gasteiger partial charge in [0.25, 0.3) is 0 Å². The molecule has 0 aromatic carbocycles. The van der Waals surface area contributed by atoms with Crippen LogP contribution in [0.3, 0.4) is 0 Å². The molecular formula is C10H21NS2. The molecule has 0 aromatic rings. The molecule has 1 saturated carbocycles. The van der Waals surface area contributed by atoms with Gasteiger partial charge in [0.05, 0.1) is 5.08 Å². The van der Waals surface area contributed by atoms with Crippen LogP contribution in [0, 0.1) is 0 Å². The van der Waals surface area contributed by atoms with E-state index in [4.69, 9.17) is 0 Å². The lowest BCUT2D eigenvalue weighted by atomic mass is 10.1. The van der Waals surface area contributed by atoms with Gasteiger partial charge in [0.15, 0.2) is 0 Å². The summed E-state index contributed by atoms with van der Waals surface area (Å²) in [7, 11) is 0. The lowest BCUT2D eigenvalue weighted by Gasteiger charge is -2.38. The highest BCUT2D eigenvalue weighted by Crippen LogP contribution is 2.34. The van der Waals surface area contributed by atoms with Crippen molar-refractivity contribution in [1.29, 1.82) is 0 Å². The van der Waals surface area contributed by atoms with Crippen molar-refractivity contribution in [3.05, 3.63) is 0 Å². The first-order valence-corrected chi connectivity index (χ1v) is 6.66. The molecule has 0 atom stereocenters. The van der Waals surface area contributed by atoms with E-state index >= 15 is 0 Å². The van der Waals surface area contributed by atoms with Crippen LogP contribution in [0.5, 0.6) is 0 Å². The summed E-state index contributed by atoms with van der Waals surface area (Å²) in [5, 5.41) is 0.897. The highest BCUT2D eigenvalue weighted by molar-refractivity contribution is 8.07. The molecule has 0 heterocycles. The molecule has 0 unspecified atom stereocenters. The predicted octanol–water partition coefficient (Wildman–Crippen LogP) is 3.57. The first kappa shape index (κ1) is 11.7. The molecule has 0 spiro atoms. The van der Waals surface area contributed by atoms with Gasteiger partial charge in [-0.15, -0.1) is 0 Å². The van der Waals surface area contributed by atoms with Crippen molar-refractivity contribution < 1.29 is 0 Å². The van der Waals surface area contributed by atoms with E-state index in [1.54, 1.807) is 0 Å². The Bertz CT molecular complexity index is 147. The average Bonchev–Trinajstić information content (AvgIpc) is 2.49. The molecule has 1 rings (SSSR count). The molecule has 1 aliphatic rings. The Hall–Kier alpha value is 0.660. The smallest absolute Gasteiger partial charge is 0.0509 e. The van der Waals surface area contributed by atoms with Gasteiger partial charge in [-0.3, -0.25) is 0 Å². The first-order chi connectivity index (χ1) is 6.05. The fourth-order valence-corrected chi connectivity index (χ4v) is 3.35. The van der Waals surface area contributed by atoms with E-state index in [1.165, 1.54) is 25.7 Å². The van der Waals surface area contributed by atoms with E-state index in [-0.39, 0.29) is 5.54 Å². The Labute approximate surface area is 92.2 Å². The molecule has 0 aliphatic heterocycles. The van der Waals surface area contributed by atoms with E-state index in [2.05, 4.69) is 37.7 Å². The SMILES string of the molecule is CC(C)(C)N(SCS)C1CCCC1. The van der Waals surface area contributed by atoms with Gasteiger partial charge in [-0.25, -0.2) is 4.31 Å². The summed E-state index contributed by atoms with van der Waals surface area (Å²) in [6.45, 7) is 6.88. The van der Waals surface area contributed by atoms with Crippen molar-refractivity contribution in [2.24, 2.45) is 0 Å². The van der Waals surface area contributed by atoms with Crippen LogP contribution in [0.4, 0.5) is 0 Å². The zero-order chi connectivity index (χ0) is 9.90. The zero-order valence-corrected chi connectivity index (χ0v) is 10.6. The minimum Gasteiger partial charge on any atom is -0.242 e. The third-order valence-corrected chi connectivity index (χ3v) is 4.10. The van der Waals surface area contributed by atoms with Gasteiger partial charge < -0.3 is 0 Å². The van der Waals surface area contributed by atoms with Crippen LogP contribution in [0.15, 0.2) is 0 Å². The maximum absolute atomic E-state index is 4.31. The van der Waals surface area contributed by atoms with Gasteiger partial charge >= 0.3 is 0 Å². The summed E-state index contributed by atoms with van der Waals surface area (Å²) >= 11 is 6.18. The maximum Gasteiger partial charge on any atom is 0.0509 e. The van der Waals surface area contributed by atoms with Crippen LogP contribution >= 0.6 is 24.6 Å². The molecule has 0 N–H and O–H groups in total.